The monoisotopic (exact) mass is 487 g/mol. The number of amides is 1. The Kier molecular flexibility index (Phi) is 16.2. The van der Waals surface area contributed by atoms with E-state index in [2.05, 4.69) is 12.2 Å². The molecule has 0 aromatic carbocycles. The molecule has 0 rings (SSSR count). The molecule has 0 aliphatic heterocycles. The number of nitrogens with one attached hydrogen (secondary N) is 1. The van der Waals surface area contributed by atoms with Gasteiger partial charge in [-0.15, -0.1) is 0 Å². The van der Waals surface area contributed by atoms with E-state index in [9.17, 15) is 19.0 Å². The minimum absolute atomic E-state index is 0.0282. The number of unbranched alkanes of at least 4 members (excludes halogenated alkanes) is 12. The topological polar surface area (TPSA) is 164 Å². The highest BCUT2D eigenvalue weighted by Gasteiger charge is 2.58. The smallest absolute Gasteiger partial charge is 0.368 e. The van der Waals surface area contributed by atoms with Gasteiger partial charge in [-0.25, -0.2) is 0 Å². The van der Waals surface area contributed by atoms with E-state index in [1.165, 1.54) is 64.2 Å². The Hall–Kier alpha value is -0.270. The Morgan fingerprint density at radius 1 is 0.710 bits per heavy atom. The third-order valence-electron chi connectivity index (χ3n) is 5.45. The second-order valence-electron chi connectivity index (χ2n) is 8.31. The first-order valence-corrected chi connectivity index (χ1v) is 14.8. The molecule has 6 N–H and O–H groups in total. The Morgan fingerprint density at radius 3 is 1.48 bits per heavy atom. The van der Waals surface area contributed by atoms with Crippen LogP contribution >= 0.6 is 15.2 Å². The molecule has 0 aliphatic carbocycles. The fraction of sp³-hybridized carbons (Fsp3) is 0.950. The average Bonchev–Trinajstić information content (AvgIpc) is 2.66. The first kappa shape index (κ1) is 30.7. The summed E-state index contributed by atoms with van der Waals surface area (Å²) in [6, 6.07) is 0. The largest absolute Gasteiger partial charge is 0.369 e. The average molecular weight is 488 g/mol. The highest BCUT2D eigenvalue weighted by molar-refractivity contribution is 7.72. The van der Waals surface area contributed by atoms with E-state index in [4.69, 9.17) is 19.6 Å². The standard InChI is InChI=1S/C20H43NO8P2/c1-2-3-4-5-6-7-8-9-10-11-12-13-14-16-19(22)21-18-15-17-20(23,30(24,25)26)31(27,28)29/h23H,2-18H2,1H3,(H,21,22)(H2,24,25,26)(H2,27,28,29). The van der Waals surface area contributed by atoms with Gasteiger partial charge in [0.2, 0.25) is 5.91 Å². The maximum Gasteiger partial charge on any atom is 0.369 e. The molecule has 0 aromatic heterocycles. The second-order valence-corrected chi connectivity index (χ2v) is 12.3. The summed E-state index contributed by atoms with van der Waals surface area (Å²) in [5.41, 5.74) is 0. The molecule has 0 saturated heterocycles. The molecule has 0 aromatic rings. The molecule has 0 spiro atoms. The summed E-state index contributed by atoms with van der Waals surface area (Å²) >= 11 is 0. The Balaban J connectivity index is 3.69. The number of rotatable bonds is 20. The first-order chi connectivity index (χ1) is 14.5. The van der Waals surface area contributed by atoms with Crippen molar-refractivity contribution in [2.45, 2.75) is 115 Å². The Morgan fingerprint density at radius 2 is 1.10 bits per heavy atom. The van der Waals surface area contributed by atoms with Crippen LogP contribution in [0.5, 0.6) is 0 Å². The van der Waals surface area contributed by atoms with E-state index in [1.54, 1.807) is 0 Å². The molecular weight excluding hydrogens is 444 g/mol. The molecular formula is C20H43NO8P2. The molecule has 0 radical (unpaired) electrons. The van der Waals surface area contributed by atoms with Crippen molar-refractivity contribution in [3.63, 3.8) is 0 Å². The highest BCUT2D eigenvalue weighted by atomic mass is 31.2. The van der Waals surface area contributed by atoms with Crippen LogP contribution in [0.25, 0.3) is 0 Å². The highest BCUT2D eigenvalue weighted by Crippen LogP contribution is 2.69. The van der Waals surface area contributed by atoms with Gasteiger partial charge in [0.05, 0.1) is 0 Å². The maximum absolute atomic E-state index is 11.8. The van der Waals surface area contributed by atoms with Gasteiger partial charge in [0.25, 0.3) is 5.08 Å². The summed E-state index contributed by atoms with van der Waals surface area (Å²) in [7, 11) is -10.9. The van der Waals surface area contributed by atoms with E-state index < -0.39 is 26.7 Å². The van der Waals surface area contributed by atoms with E-state index >= 15 is 0 Å². The minimum Gasteiger partial charge on any atom is -0.368 e. The number of aliphatic hydroxyl groups is 1. The lowest BCUT2D eigenvalue weighted by Crippen LogP contribution is -2.31. The van der Waals surface area contributed by atoms with Crippen molar-refractivity contribution in [1.82, 2.24) is 5.32 Å². The van der Waals surface area contributed by atoms with Crippen molar-refractivity contribution < 1.29 is 38.6 Å². The zero-order chi connectivity index (χ0) is 23.8. The lowest BCUT2D eigenvalue weighted by atomic mass is 10.0. The predicted octanol–water partition coefficient (Wildman–Crippen LogP) is 4.37. The van der Waals surface area contributed by atoms with Crippen molar-refractivity contribution >= 4 is 21.1 Å². The summed E-state index contributed by atoms with van der Waals surface area (Å²) in [4.78, 5) is 48.0. The van der Waals surface area contributed by atoms with Crippen LogP contribution in [0.15, 0.2) is 0 Å². The zero-order valence-electron chi connectivity index (χ0n) is 18.9. The maximum atomic E-state index is 11.8. The third kappa shape index (κ3) is 13.8. The van der Waals surface area contributed by atoms with Crippen LogP contribution in [-0.4, -0.2) is 42.2 Å². The lowest BCUT2D eigenvalue weighted by Gasteiger charge is -2.29. The van der Waals surface area contributed by atoms with E-state index in [-0.39, 0.29) is 18.9 Å². The van der Waals surface area contributed by atoms with Crippen LogP contribution in [0, 0.1) is 0 Å². The van der Waals surface area contributed by atoms with Crippen LogP contribution in [0.4, 0.5) is 0 Å². The van der Waals surface area contributed by atoms with Crippen molar-refractivity contribution in [2.24, 2.45) is 0 Å². The van der Waals surface area contributed by atoms with Crippen molar-refractivity contribution in [2.75, 3.05) is 6.54 Å². The molecule has 1 amide bonds. The number of carbonyl (C=O) groups is 1. The van der Waals surface area contributed by atoms with Gasteiger partial charge in [-0.3, -0.25) is 13.9 Å². The number of hydrogen-bond donors (Lipinski definition) is 6. The molecule has 31 heavy (non-hydrogen) atoms. The normalized spacial score (nSPS) is 12.8. The van der Waals surface area contributed by atoms with Gasteiger partial charge < -0.3 is 30.0 Å². The Labute approximate surface area is 186 Å². The van der Waals surface area contributed by atoms with Crippen LogP contribution in [0.2, 0.25) is 0 Å². The summed E-state index contributed by atoms with van der Waals surface area (Å²) in [6.45, 7) is 2.20. The van der Waals surface area contributed by atoms with Gasteiger partial charge in [-0.2, -0.15) is 0 Å². The van der Waals surface area contributed by atoms with E-state index in [0.29, 0.717) is 6.42 Å². The summed E-state index contributed by atoms with van der Waals surface area (Å²) < 4.78 is 22.5. The fourth-order valence-corrected chi connectivity index (χ4v) is 5.66. The third-order valence-corrected chi connectivity index (χ3v) is 9.33. The molecule has 0 aliphatic rings. The van der Waals surface area contributed by atoms with Gasteiger partial charge >= 0.3 is 15.2 Å². The SMILES string of the molecule is CCCCCCCCCCCCCCCC(=O)NCCCC(O)(P(=O)(O)O)P(=O)(O)O. The van der Waals surface area contributed by atoms with Crippen LogP contribution in [0.3, 0.4) is 0 Å². The van der Waals surface area contributed by atoms with E-state index in [1.807, 2.05) is 0 Å². The van der Waals surface area contributed by atoms with Gasteiger partial charge in [0, 0.05) is 19.4 Å². The van der Waals surface area contributed by atoms with Gasteiger partial charge in [0.15, 0.2) is 0 Å². The number of hydrogen-bond acceptors (Lipinski definition) is 4. The van der Waals surface area contributed by atoms with Gasteiger partial charge in [0.1, 0.15) is 0 Å². The molecule has 0 fully saturated rings. The van der Waals surface area contributed by atoms with Crippen molar-refractivity contribution in [1.29, 1.82) is 0 Å². The van der Waals surface area contributed by atoms with Crippen LogP contribution < -0.4 is 5.32 Å². The Bertz CT molecular complexity index is 554. The molecule has 0 saturated carbocycles. The second kappa shape index (κ2) is 16.4. The van der Waals surface area contributed by atoms with Crippen molar-refractivity contribution in [3.8, 4) is 0 Å². The molecule has 0 unspecified atom stereocenters. The summed E-state index contributed by atoms with van der Waals surface area (Å²) in [6.07, 6.45) is 15.1. The molecule has 0 atom stereocenters. The molecule has 0 heterocycles. The molecule has 186 valence electrons. The molecule has 11 heteroatoms. The summed E-state index contributed by atoms with van der Waals surface area (Å²) in [5.74, 6) is -0.223. The first-order valence-electron chi connectivity index (χ1n) is 11.6. The quantitative estimate of drug-likeness (QED) is 0.109. The fourth-order valence-electron chi connectivity index (χ4n) is 3.41. The van der Waals surface area contributed by atoms with Gasteiger partial charge in [-0.05, 0) is 12.8 Å². The van der Waals surface area contributed by atoms with E-state index in [0.717, 1.165) is 19.3 Å². The molecule has 9 nitrogen and oxygen atoms in total. The zero-order valence-corrected chi connectivity index (χ0v) is 20.7. The number of carbonyl (C=O) groups excluding carboxylic acids is 1. The predicted molar refractivity (Wildman–Crippen MR) is 122 cm³/mol. The summed E-state index contributed by atoms with van der Waals surface area (Å²) in [5, 5.41) is 8.87. The van der Waals surface area contributed by atoms with Crippen LogP contribution in [0.1, 0.15) is 110 Å². The lowest BCUT2D eigenvalue weighted by molar-refractivity contribution is -0.121. The molecule has 0 bridgehead atoms. The minimum atomic E-state index is -5.44. The van der Waals surface area contributed by atoms with Crippen LogP contribution in [-0.2, 0) is 13.9 Å². The van der Waals surface area contributed by atoms with Crippen molar-refractivity contribution in [3.05, 3.63) is 0 Å². The van der Waals surface area contributed by atoms with Gasteiger partial charge in [-0.1, -0.05) is 84.0 Å².